The molecule has 0 aliphatic heterocycles. The van der Waals surface area contributed by atoms with Crippen molar-refractivity contribution >= 4 is 16.7 Å². The second-order valence-corrected chi connectivity index (χ2v) is 7.32. The van der Waals surface area contributed by atoms with Gasteiger partial charge in [-0.3, -0.25) is 4.79 Å². The number of hydrogen-bond donors (Lipinski definition) is 2. The Kier molecular flexibility index (Phi) is 7.58. The van der Waals surface area contributed by atoms with E-state index in [0.717, 1.165) is 10.8 Å². The van der Waals surface area contributed by atoms with Crippen molar-refractivity contribution in [1.82, 2.24) is 5.32 Å². The average molecular weight is 447 g/mol. The van der Waals surface area contributed by atoms with Crippen molar-refractivity contribution in [3.05, 3.63) is 71.8 Å². The number of fused-ring (bicyclic) bond motifs is 1. The second kappa shape index (κ2) is 10.4. The molecule has 0 spiro atoms. The topological polar surface area (TPSA) is 67.8 Å². The molecule has 3 aromatic rings. The van der Waals surface area contributed by atoms with Crippen LogP contribution in [0.1, 0.15) is 23.7 Å². The van der Waals surface area contributed by atoms with E-state index in [4.69, 9.17) is 9.47 Å². The first-order chi connectivity index (χ1) is 15.2. The Morgan fingerprint density at radius 1 is 1.03 bits per heavy atom. The number of aryl methyl sites for hydroxylation is 1. The molecular weight excluding hydrogens is 423 g/mol. The highest BCUT2D eigenvalue weighted by Crippen LogP contribution is 2.30. The molecule has 0 heterocycles. The molecule has 0 aliphatic rings. The van der Waals surface area contributed by atoms with Gasteiger partial charge in [-0.15, -0.1) is 0 Å². The summed E-state index contributed by atoms with van der Waals surface area (Å²) in [5.74, 6) is -0.100. The van der Waals surface area contributed by atoms with Crippen LogP contribution in [0.25, 0.3) is 10.8 Å². The predicted octanol–water partition coefficient (Wildman–Crippen LogP) is 4.57. The Balaban J connectivity index is 1.50. The van der Waals surface area contributed by atoms with Gasteiger partial charge in [-0.2, -0.15) is 13.2 Å². The molecule has 8 heteroatoms. The highest BCUT2D eigenvalue weighted by molar-refractivity contribution is 5.83. The Morgan fingerprint density at radius 3 is 2.50 bits per heavy atom. The van der Waals surface area contributed by atoms with Crippen molar-refractivity contribution in [3.63, 3.8) is 0 Å². The number of aliphatic hydroxyl groups is 1. The minimum Gasteiger partial charge on any atom is -0.493 e. The number of rotatable bonds is 9. The van der Waals surface area contributed by atoms with E-state index in [0.29, 0.717) is 17.5 Å². The van der Waals surface area contributed by atoms with Gasteiger partial charge in [0.25, 0.3) is 0 Å². The van der Waals surface area contributed by atoms with Crippen LogP contribution in [-0.2, 0) is 11.2 Å². The third-order valence-corrected chi connectivity index (χ3v) is 4.91. The molecule has 0 aromatic heterocycles. The smallest absolute Gasteiger partial charge is 0.422 e. The zero-order valence-electron chi connectivity index (χ0n) is 17.5. The number of amides is 1. The zero-order chi connectivity index (χ0) is 23.1. The standard InChI is InChI=1S/C24H24F3NO4/c1-31-22-12-16(6-10-21(22)32-15-24(25,26)27)7-11-23(30)28-14-20(29)19-9-8-17-4-2-3-5-18(17)13-19/h2-6,8-10,12-13,20,29H,7,11,14-15H2,1H3,(H,28,30). The van der Waals surface area contributed by atoms with Gasteiger partial charge in [0.1, 0.15) is 0 Å². The van der Waals surface area contributed by atoms with Gasteiger partial charge in [0.15, 0.2) is 18.1 Å². The van der Waals surface area contributed by atoms with Gasteiger partial charge < -0.3 is 19.9 Å². The largest absolute Gasteiger partial charge is 0.493 e. The maximum absolute atomic E-state index is 12.3. The molecule has 5 nitrogen and oxygen atoms in total. The number of carbonyl (C=O) groups excluding carboxylic acids is 1. The fraction of sp³-hybridized carbons (Fsp3) is 0.292. The lowest BCUT2D eigenvalue weighted by Crippen LogP contribution is -2.28. The van der Waals surface area contributed by atoms with Crippen LogP contribution in [0.4, 0.5) is 13.2 Å². The summed E-state index contributed by atoms with van der Waals surface area (Å²) in [7, 11) is 1.33. The van der Waals surface area contributed by atoms with Crippen molar-refractivity contribution < 1.29 is 32.5 Å². The summed E-state index contributed by atoms with van der Waals surface area (Å²) in [4.78, 5) is 12.2. The predicted molar refractivity (Wildman–Crippen MR) is 115 cm³/mol. The van der Waals surface area contributed by atoms with Gasteiger partial charge in [-0.05, 0) is 46.5 Å². The normalized spacial score (nSPS) is 12.4. The fourth-order valence-corrected chi connectivity index (χ4v) is 3.24. The van der Waals surface area contributed by atoms with E-state index in [1.165, 1.54) is 13.2 Å². The van der Waals surface area contributed by atoms with Crippen LogP contribution in [0.2, 0.25) is 0 Å². The molecule has 0 aliphatic carbocycles. The van der Waals surface area contributed by atoms with Crippen LogP contribution < -0.4 is 14.8 Å². The molecule has 0 fully saturated rings. The number of carbonyl (C=O) groups is 1. The monoisotopic (exact) mass is 447 g/mol. The van der Waals surface area contributed by atoms with Crippen molar-refractivity contribution in [2.24, 2.45) is 0 Å². The quantitative estimate of drug-likeness (QED) is 0.504. The van der Waals surface area contributed by atoms with Crippen molar-refractivity contribution in [2.45, 2.75) is 25.1 Å². The van der Waals surface area contributed by atoms with Crippen molar-refractivity contribution in [3.8, 4) is 11.5 Å². The van der Waals surface area contributed by atoms with E-state index < -0.39 is 18.9 Å². The Labute approximate surface area is 183 Å². The lowest BCUT2D eigenvalue weighted by Gasteiger charge is -2.14. The van der Waals surface area contributed by atoms with Gasteiger partial charge in [0, 0.05) is 13.0 Å². The molecule has 0 bridgehead atoms. The van der Waals surface area contributed by atoms with E-state index >= 15 is 0 Å². The van der Waals surface area contributed by atoms with E-state index in [2.05, 4.69) is 5.32 Å². The Morgan fingerprint density at radius 2 is 1.78 bits per heavy atom. The van der Waals surface area contributed by atoms with Crippen LogP contribution >= 0.6 is 0 Å². The molecule has 170 valence electrons. The summed E-state index contributed by atoms with van der Waals surface area (Å²) in [5, 5.41) is 15.2. The molecule has 0 radical (unpaired) electrons. The minimum absolute atomic E-state index is 0.0171. The number of benzene rings is 3. The van der Waals surface area contributed by atoms with E-state index in [9.17, 15) is 23.1 Å². The molecule has 1 atom stereocenters. The highest BCUT2D eigenvalue weighted by Gasteiger charge is 2.29. The number of hydrogen-bond acceptors (Lipinski definition) is 4. The third-order valence-electron chi connectivity index (χ3n) is 4.91. The first kappa shape index (κ1) is 23.4. The van der Waals surface area contributed by atoms with Gasteiger partial charge in [0.05, 0.1) is 13.2 Å². The lowest BCUT2D eigenvalue weighted by atomic mass is 10.0. The van der Waals surface area contributed by atoms with Crippen molar-refractivity contribution in [2.75, 3.05) is 20.3 Å². The van der Waals surface area contributed by atoms with E-state index in [1.54, 1.807) is 12.1 Å². The zero-order valence-corrected chi connectivity index (χ0v) is 17.5. The molecule has 32 heavy (non-hydrogen) atoms. The maximum atomic E-state index is 12.3. The summed E-state index contributed by atoms with van der Waals surface area (Å²) in [6, 6.07) is 18.0. The molecule has 3 rings (SSSR count). The SMILES string of the molecule is COc1cc(CCC(=O)NCC(O)c2ccc3ccccc3c2)ccc1OCC(F)(F)F. The Hall–Kier alpha value is -3.26. The molecule has 3 aromatic carbocycles. The molecule has 0 saturated carbocycles. The summed E-state index contributed by atoms with van der Waals surface area (Å²) < 4.78 is 46.9. The summed E-state index contributed by atoms with van der Waals surface area (Å²) in [5.41, 5.74) is 1.43. The maximum Gasteiger partial charge on any atom is 0.422 e. The van der Waals surface area contributed by atoms with Crippen LogP contribution in [0.15, 0.2) is 60.7 Å². The summed E-state index contributed by atoms with van der Waals surface area (Å²) in [6.07, 6.45) is -4.78. The lowest BCUT2D eigenvalue weighted by molar-refractivity contribution is -0.153. The van der Waals surface area contributed by atoms with Crippen LogP contribution in [-0.4, -0.2) is 37.5 Å². The number of aliphatic hydroxyl groups excluding tert-OH is 1. The Bertz CT molecular complexity index is 1070. The summed E-state index contributed by atoms with van der Waals surface area (Å²) >= 11 is 0. The fourth-order valence-electron chi connectivity index (χ4n) is 3.24. The van der Waals surface area contributed by atoms with Crippen LogP contribution in [0.5, 0.6) is 11.5 Å². The van der Waals surface area contributed by atoms with Gasteiger partial charge in [-0.1, -0.05) is 42.5 Å². The van der Waals surface area contributed by atoms with Gasteiger partial charge in [-0.25, -0.2) is 0 Å². The number of methoxy groups -OCH3 is 1. The number of nitrogens with one attached hydrogen (secondary N) is 1. The molecular formula is C24H24F3NO4. The number of ether oxygens (including phenoxy) is 2. The van der Waals surface area contributed by atoms with Gasteiger partial charge >= 0.3 is 6.18 Å². The van der Waals surface area contributed by atoms with Crippen LogP contribution in [0.3, 0.4) is 0 Å². The molecule has 1 amide bonds. The van der Waals surface area contributed by atoms with Crippen molar-refractivity contribution in [1.29, 1.82) is 0 Å². The third kappa shape index (κ3) is 6.62. The highest BCUT2D eigenvalue weighted by atomic mass is 19.4. The number of alkyl halides is 3. The van der Waals surface area contributed by atoms with Crippen LogP contribution in [0, 0.1) is 0 Å². The molecule has 1 unspecified atom stereocenters. The molecule has 0 saturated heterocycles. The molecule has 2 N–H and O–H groups in total. The van der Waals surface area contributed by atoms with E-state index in [1.807, 2.05) is 42.5 Å². The van der Waals surface area contributed by atoms with E-state index in [-0.39, 0.29) is 30.4 Å². The number of halogens is 3. The first-order valence-corrected chi connectivity index (χ1v) is 10.0. The summed E-state index contributed by atoms with van der Waals surface area (Å²) in [6.45, 7) is -1.34. The van der Waals surface area contributed by atoms with Gasteiger partial charge in [0.2, 0.25) is 5.91 Å². The first-order valence-electron chi connectivity index (χ1n) is 10.0. The average Bonchev–Trinajstić information content (AvgIpc) is 2.79. The minimum atomic E-state index is -4.45. The second-order valence-electron chi connectivity index (χ2n) is 7.32.